The number of unbranched alkanes of at least 4 members (excludes halogenated alkanes) is 2. The van der Waals surface area contributed by atoms with Gasteiger partial charge in [-0.15, -0.1) is 0 Å². The second-order valence-corrected chi connectivity index (χ2v) is 2.87. The van der Waals surface area contributed by atoms with Crippen molar-refractivity contribution in [1.82, 2.24) is 15.5 Å². The van der Waals surface area contributed by atoms with E-state index < -0.39 is 0 Å². The molecule has 0 bridgehead atoms. The normalized spacial score (nSPS) is 9.77. The van der Waals surface area contributed by atoms with Gasteiger partial charge in [0.05, 0.1) is 6.07 Å². The predicted molar refractivity (Wildman–Crippen MR) is 49.8 cm³/mol. The molecule has 0 atom stereocenters. The lowest BCUT2D eigenvalue weighted by Gasteiger charge is -2.00. The second kappa shape index (κ2) is 6.21. The molecule has 0 aliphatic carbocycles. The lowest BCUT2D eigenvalue weighted by atomic mass is 10.2. The molecule has 0 amide bonds. The molecule has 4 nitrogen and oxygen atoms in total. The maximum Gasteiger partial charge on any atom is 0.0621 e. The van der Waals surface area contributed by atoms with Gasteiger partial charge in [-0.2, -0.15) is 10.4 Å². The van der Waals surface area contributed by atoms with Gasteiger partial charge in [-0.25, -0.2) is 0 Å². The van der Waals surface area contributed by atoms with Crippen molar-refractivity contribution in [2.24, 2.45) is 0 Å². The van der Waals surface area contributed by atoms with Crippen LogP contribution in [0.3, 0.4) is 0 Å². The monoisotopic (exact) mass is 178 g/mol. The van der Waals surface area contributed by atoms with Gasteiger partial charge in [0, 0.05) is 24.9 Å². The van der Waals surface area contributed by atoms with Crippen LogP contribution in [0.25, 0.3) is 0 Å². The van der Waals surface area contributed by atoms with Crippen LogP contribution in [0.1, 0.15) is 25.0 Å². The molecule has 0 aliphatic heterocycles. The van der Waals surface area contributed by atoms with E-state index in [0.29, 0.717) is 6.42 Å². The van der Waals surface area contributed by atoms with Crippen LogP contribution in [0.4, 0.5) is 0 Å². The summed E-state index contributed by atoms with van der Waals surface area (Å²) < 4.78 is 0. The maximum atomic E-state index is 8.29. The van der Waals surface area contributed by atoms with E-state index in [0.717, 1.165) is 31.6 Å². The van der Waals surface area contributed by atoms with Crippen LogP contribution < -0.4 is 5.32 Å². The molecule has 0 fully saturated rings. The fourth-order valence-corrected chi connectivity index (χ4v) is 1.06. The highest BCUT2D eigenvalue weighted by atomic mass is 15.1. The van der Waals surface area contributed by atoms with Gasteiger partial charge in [-0.1, -0.05) is 0 Å². The first kappa shape index (κ1) is 9.75. The Bertz CT molecular complexity index is 247. The first-order valence-electron chi connectivity index (χ1n) is 4.49. The molecule has 1 aromatic heterocycles. The van der Waals surface area contributed by atoms with Crippen molar-refractivity contribution in [1.29, 1.82) is 5.26 Å². The van der Waals surface area contributed by atoms with E-state index in [1.54, 1.807) is 6.20 Å². The lowest BCUT2D eigenvalue weighted by Crippen LogP contribution is -2.14. The third-order valence-corrected chi connectivity index (χ3v) is 1.77. The van der Waals surface area contributed by atoms with Gasteiger partial charge in [0.25, 0.3) is 0 Å². The van der Waals surface area contributed by atoms with Gasteiger partial charge in [0.1, 0.15) is 0 Å². The number of rotatable bonds is 6. The molecule has 0 radical (unpaired) electrons. The lowest BCUT2D eigenvalue weighted by molar-refractivity contribution is 0.621. The second-order valence-electron chi connectivity index (χ2n) is 2.87. The molecular formula is C9H14N4. The molecule has 1 aromatic rings. The third kappa shape index (κ3) is 4.28. The number of H-pyrrole nitrogens is 1. The summed E-state index contributed by atoms with van der Waals surface area (Å²) in [7, 11) is 0. The molecule has 13 heavy (non-hydrogen) atoms. The van der Waals surface area contributed by atoms with E-state index in [4.69, 9.17) is 5.26 Å². The van der Waals surface area contributed by atoms with Gasteiger partial charge >= 0.3 is 0 Å². The third-order valence-electron chi connectivity index (χ3n) is 1.77. The summed E-state index contributed by atoms with van der Waals surface area (Å²) >= 11 is 0. The molecule has 0 saturated heterocycles. The highest BCUT2D eigenvalue weighted by Crippen LogP contribution is 1.93. The summed E-state index contributed by atoms with van der Waals surface area (Å²) in [5.74, 6) is 0. The number of aromatic nitrogens is 2. The summed E-state index contributed by atoms with van der Waals surface area (Å²) in [5.41, 5.74) is 1.10. The molecule has 0 aromatic carbocycles. The SMILES string of the molecule is N#CCCCCNCc1ccn[nH]1. The van der Waals surface area contributed by atoms with E-state index in [1.807, 2.05) is 6.07 Å². The van der Waals surface area contributed by atoms with E-state index in [1.165, 1.54) is 0 Å². The Morgan fingerprint density at radius 1 is 1.54 bits per heavy atom. The highest BCUT2D eigenvalue weighted by molar-refractivity contribution is 4.96. The Morgan fingerprint density at radius 2 is 2.46 bits per heavy atom. The smallest absolute Gasteiger partial charge is 0.0621 e. The zero-order chi connectivity index (χ0) is 9.36. The first-order chi connectivity index (χ1) is 6.43. The zero-order valence-electron chi connectivity index (χ0n) is 7.58. The molecule has 1 rings (SSSR count). The van der Waals surface area contributed by atoms with Gasteiger partial charge in [0.15, 0.2) is 0 Å². The van der Waals surface area contributed by atoms with E-state index >= 15 is 0 Å². The average molecular weight is 178 g/mol. The molecule has 4 heteroatoms. The van der Waals surface area contributed by atoms with Crippen LogP contribution in [0.15, 0.2) is 12.3 Å². The maximum absolute atomic E-state index is 8.29. The quantitative estimate of drug-likeness (QED) is 0.643. The summed E-state index contributed by atoms with van der Waals surface area (Å²) in [4.78, 5) is 0. The summed E-state index contributed by atoms with van der Waals surface area (Å²) in [6.07, 6.45) is 4.44. The minimum Gasteiger partial charge on any atom is -0.311 e. The highest BCUT2D eigenvalue weighted by Gasteiger charge is 1.92. The van der Waals surface area contributed by atoms with Gasteiger partial charge in [-0.3, -0.25) is 5.10 Å². The number of hydrogen-bond donors (Lipinski definition) is 2. The van der Waals surface area contributed by atoms with Crippen LogP contribution >= 0.6 is 0 Å². The molecular weight excluding hydrogens is 164 g/mol. The number of nitrogens with one attached hydrogen (secondary N) is 2. The minimum atomic E-state index is 0.658. The van der Waals surface area contributed by atoms with Crippen molar-refractivity contribution >= 4 is 0 Å². The molecule has 0 aliphatic rings. The fourth-order valence-electron chi connectivity index (χ4n) is 1.06. The van der Waals surface area contributed by atoms with Gasteiger partial charge < -0.3 is 5.32 Å². The molecule has 1 heterocycles. The van der Waals surface area contributed by atoms with Gasteiger partial charge in [0.2, 0.25) is 0 Å². The van der Waals surface area contributed by atoms with Crippen LogP contribution in [0.2, 0.25) is 0 Å². The van der Waals surface area contributed by atoms with Crippen LogP contribution in [-0.2, 0) is 6.54 Å². The number of nitrogens with zero attached hydrogens (tertiary/aromatic N) is 2. The Hall–Kier alpha value is -1.34. The first-order valence-corrected chi connectivity index (χ1v) is 4.49. The molecule has 0 spiro atoms. The largest absolute Gasteiger partial charge is 0.311 e. The summed E-state index contributed by atoms with van der Waals surface area (Å²) in [5, 5.41) is 18.3. The Morgan fingerprint density at radius 3 is 3.15 bits per heavy atom. The number of aromatic amines is 1. The minimum absolute atomic E-state index is 0.658. The predicted octanol–water partition coefficient (Wildman–Crippen LogP) is 1.19. The van der Waals surface area contributed by atoms with Crippen LogP contribution in [0.5, 0.6) is 0 Å². The fraction of sp³-hybridized carbons (Fsp3) is 0.556. The summed E-state index contributed by atoms with van der Waals surface area (Å²) in [6.45, 7) is 1.78. The molecule has 0 saturated carbocycles. The van der Waals surface area contributed by atoms with E-state index in [2.05, 4.69) is 21.6 Å². The summed E-state index contributed by atoms with van der Waals surface area (Å²) in [6, 6.07) is 4.07. The van der Waals surface area contributed by atoms with Crippen molar-refractivity contribution in [3.05, 3.63) is 18.0 Å². The van der Waals surface area contributed by atoms with Crippen LogP contribution in [0, 0.1) is 11.3 Å². The number of nitriles is 1. The van der Waals surface area contributed by atoms with Crippen molar-refractivity contribution in [2.45, 2.75) is 25.8 Å². The van der Waals surface area contributed by atoms with Crippen molar-refractivity contribution in [3.8, 4) is 6.07 Å². The van der Waals surface area contributed by atoms with Crippen molar-refractivity contribution in [3.63, 3.8) is 0 Å². The number of hydrogen-bond acceptors (Lipinski definition) is 3. The molecule has 0 unspecified atom stereocenters. The van der Waals surface area contributed by atoms with Crippen molar-refractivity contribution in [2.75, 3.05) is 6.54 Å². The van der Waals surface area contributed by atoms with Crippen LogP contribution in [-0.4, -0.2) is 16.7 Å². The average Bonchev–Trinajstić information content (AvgIpc) is 2.63. The topological polar surface area (TPSA) is 64.5 Å². The Kier molecular flexibility index (Phi) is 4.65. The van der Waals surface area contributed by atoms with Crippen molar-refractivity contribution < 1.29 is 0 Å². The molecule has 70 valence electrons. The van der Waals surface area contributed by atoms with Gasteiger partial charge in [-0.05, 0) is 25.5 Å². The standard InChI is InChI=1S/C9H14N4/c10-5-2-1-3-6-11-8-9-4-7-12-13-9/h4,7,11H,1-3,6,8H2,(H,12,13). The molecule has 2 N–H and O–H groups in total. The van der Waals surface area contributed by atoms with E-state index in [-0.39, 0.29) is 0 Å². The Balaban J connectivity index is 1.94. The zero-order valence-corrected chi connectivity index (χ0v) is 7.58. The Labute approximate surface area is 78.0 Å². The van der Waals surface area contributed by atoms with E-state index in [9.17, 15) is 0 Å².